The van der Waals surface area contributed by atoms with Crippen LogP contribution in [0, 0.1) is 17.0 Å². The molecule has 1 atom stereocenters. The predicted molar refractivity (Wildman–Crippen MR) is 136 cm³/mol. The summed E-state index contributed by atoms with van der Waals surface area (Å²) in [5.74, 6) is 1.37. The highest BCUT2D eigenvalue weighted by Crippen LogP contribution is 2.36. The van der Waals surface area contributed by atoms with Crippen molar-refractivity contribution in [3.8, 4) is 11.4 Å². The molecule has 0 radical (unpaired) electrons. The smallest absolute Gasteiger partial charge is 0.220 e. The van der Waals surface area contributed by atoms with Gasteiger partial charge in [-0.05, 0) is 66.6 Å². The van der Waals surface area contributed by atoms with Crippen molar-refractivity contribution < 1.29 is 9.66 Å². The molecule has 0 unspecified atom stereocenters. The van der Waals surface area contributed by atoms with Gasteiger partial charge in [0.15, 0.2) is 5.16 Å². The van der Waals surface area contributed by atoms with Gasteiger partial charge in [-0.2, -0.15) is 0 Å². The van der Waals surface area contributed by atoms with Crippen molar-refractivity contribution in [2.24, 2.45) is 0 Å². The van der Waals surface area contributed by atoms with Crippen molar-refractivity contribution in [2.45, 2.75) is 23.9 Å². The van der Waals surface area contributed by atoms with Crippen LogP contribution in [0.3, 0.4) is 0 Å². The molecule has 0 saturated carbocycles. The molecule has 0 aliphatic rings. The van der Waals surface area contributed by atoms with E-state index < -0.39 is 5.25 Å². The van der Waals surface area contributed by atoms with E-state index in [4.69, 9.17) is 16.3 Å². The fourth-order valence-corrected chi connectivity index (χ4v) is 4.87. The molecule has 1 heterocycles. The summed E-state index contributed by atoms with van der Waals surface area (Å²) in [6.45, 7) is 2.02. The first-order valence-corrected chi connectivity index (χ1v) is 12.4. The summed E-state index contributed by atoms with van der Waals surface area (Å²) >= 11 is 10.7. The highest BCUT2D eigenvalue weighted by molar-refractivity contribution is 9.10. The lowest BCUT2D eigenvalue weighted by Crippen LogP contribution is -2.11. The minimum Gasteiger partial charge on any atom is -0.489 e. The third kappa shape index (κ3) is 6.16. The number of aryl methyl sites for hydroxylation is 1. The standard InChI is InChI=1S/C24H20BrClN4O3S/c1-16-27-28-24(30(16)21-10-8-20(26)9-11-21)34-23(14-29(31)32)18-4-12-22(13-5-18)33-15-17-2-6-19(25)7-3-17/h2-13,23H,14-15H2,1H3/t23-/m1/s1. The quantitative estimate of drug-likeness (QED) is 0.129. The average molecular weight is 560 g/mol. The van der Waals surface area contributed by atoms with E-state index in [9.17, 15) is 10.1 Å². The molecule has 0 saturated heterocycles. The van der Waals surface area contributed by atoms with Gasteiger partial charge in [-0.3, -0.25) is 14.7 Å². The number of halogens is 2. The van der Waals surface area contributed by atoms with Crippen LogP contribution in [0.15, 0.2) is 82.4 Å². The number of ether oxygens (including phenoxy) is 1. The van der Waals surface area contributed by atoms with Crippen LogP contribution in [0.5, 0.6) is 5.75 Å². The van der Waals surface area contributed by atoms with E-state index in [1.807, 2.05) is 72.2 Å². The lowest BCUT2D eigenvalue weighted by Gasteiger charge is -2.15. The number of nitrogens with zero attached hydrogens (tertiary/aromatic N) is 4. The van der Waals surface area contributed by atoms with Gasteiger partial charge in [-0.1, -0.05) is 63.6 Å². The van der Waals surface area contributed by atoms with Crippen LogP contribution in [0.1, 0.15) is 22.2 Å². The summed E-state index contributed by atoms with van der Waals surface area (Å²) in [6, 6.07) is 22.6. The number of aromatic nitrogens is 3. The van der Waals surface area contributed by atoms with Crippen LogP contribution in [0.4, 0.5) is 0 Å². The van der Waals surface area contributed by atoms with Crippen LogP contribution in [-0.2, 0) is 6.61 Å². The van der Waals surface area contributed by atoms with Crippen molar-refractivity contribution >= 4 is 39.3 Å². The minimum absolute atomic E-state index is 0.254. The first kappa shape index (κ1) is 24.3. The lowest BCUT2D eigenvalue weighted by molar-refractivity contribution is -0.479. The van der Waals surface area contributed by atoms with Gasteiger partial charge < -0.3 is 4.74 Å². The Labute approximate surface area is 214 Å². The van der Waals surface area contributed by atoms with Crippen LogP contribution in [0.2, 0.25) is 5.02 Å². The Kier molecular flexibility index (Phi) is 7.87. The van der Waals surface area contributed by atoms with E-state index in [-0.39, 0.29) is 11.5 Å². The molecule has 0 amide bonds. The molecule has 174 valence electrons. The SMILES string of the molecule is Cc1nnc(S[C@H](C[N+](=O)[O-])c2ccc(OCc3ccc(Br)cc3)cc2)n1-c1ccc(Cl)cc1. The summed E-state index contributed by atoms with van der Waals surface area (Å²) in [4.78, 5) is 11.1. The molecular weight excluding hydrogens is 540 g/mol. The molecule has 10 heteroatoms. The Bertz CT molecular complexity index is 1270. The third-order valence-electron chi connectivity index (χ3n) is 5.01. The zero-order chi connectivity index (χ0) is 24.1. The van der Waals surface area contributed by atoms with E-state index in [1.165, 1.54) is 11.8 Å². The van der Waals surface area contributed by atoms with Gasteiger partial charge in [0.1, 0.15) is 23.4 Å². The number of hydrogen-bond acceptors (Lipinski definition) is 6. The first-order valence-electron chi connectivity index (χ1n) is 10.3. The minimum atomic E-state index is -0.454. The second-order valence-corrected chi connectivity index (χ2v) is 9.97. The molecule has 34 heavy (non-hydrogen) atoms. The molecule has 0 spiro atoms. The van der Waals surface area contributed by atoms with Crippen molar-refractivity contribution in [3.05, 3.63) is 109 Å². The largest absolute Gasteiger partial charge is 0.489 e. The highest BCUT2D eigenvalue weighted by Gasteiger charge is 2.24. The van der Waals surface area contributed by atoms with Crippen LogP contribution < -0.4 is 4.74 Å². The zero-order valence-electron chi connectivity index (χ0n) is 18.1. The molecule has 0 N–H and O–H groups in total. The molecule has 4 aromatic rings. The average Bonchev–Trinajstić information content (AvgIpc) is 3.19. The third-order valence-corrected chi connectivity index (χ3v) is 6.97. The van der Waals surface area contributed by atoms with E-state index in [1.54, 1.807) is 12.1 Å². The molecule has 7 nitrogen and oxygen atoms in total. The van der Waals surface area contributed by atoms with Gasteiger partial charge in [-0.25, -0.2) is 0 Å². The molecule has 0 fully saturated rings. The van der Waals surface area contributed by atoms with Crippen molar-refractivity contribution in [1.82, 2.24) is 14.8 Å². The summed E-state index contributed by atoms with van der Waals surface area (Å²) in [6.07, 6.45) is 0. The van der Waals surface area contributed by atoms with E-state index >= 15 is 0 Å². The van der Waals surface area contributed by atoms with Crippen LogP contribution in [-0.4, -0.2) is 26.2 Å². The zero-order valence-corrected chi connectivity index (χ0v) is 21.3. The maximum Gasteiger partial charge on any atom is 0.220 e. The van der Waals surface area contributed by atoms with Crippen molar-refractivity contribution in [3.63, 3.8) is 0 Å². The van der Waals surface area contributed by atoms with Gasteiger partial charge in [-0.15, -0.1) is 10.2 Å². The maximum absolute atomic E-state index is 11.4. The molecule has 0 bridgehead atoms. The molecule has 3 aromatic carbocycles. The maximum atomic E-state index is 11.4. The fourth-order valence-electron chi connectivity index (χ4n) is 3.31. The van der Waals surface area contributed by atoms with E-state index in [2.05, 4.69) is 26.1 Å². The van der Waals surface area contributed by atoms with E-state index in [0.717, 1.165) is 21.3 Å². The molecular formula is C24H20BrClN4O3S. The number of nitro groups is 1. The fraction of sp³-hybridized carbons (Fsp3) is 0.167. The van der Waals surface area contributed by atoms with Gasteiger partial charge >= 0.3 is 0 Å². The molecule has 0 aliphatic carbocycles. The number of rotatable bonds is 9. The van der Waals surface area contributed by atoms with Crippen LogP contribution >= 0.6 is 39.3 Å². The van der Waals surface area contributed by atoms with E-state index in [0.29, 0.717) is 28.4 Å². The highest BCUT2D eigenvalue weighted by atomic mass is 79.9. The van der Waals surface area contributed by atoms with Crippen LogP contribution in [0.25, 0.3) is 5.69 Å². The lowest BCUT2D eigenvalue weighted by atomic mass is 10.1. The topological polar surface area (TPSA) is 83.1 Å². The summed E-state index contributed by atoms with van der Waals surface area (Å²) in [5, 5.41) is 20.6. The van der Waals surface area contributed by atoms with Crippen molar-refractivity contribution in [2.75, 3.05) is 6.54 Å². The first-order chi connectivity index (χ1) is 16.4. The summed E-state index contributed by atoms with van der Waals surface area (Å²) in [5.41, 5.74) is 2.69. The Hall–Kier alpha value is -2.88. The number of benzene rings is 3. The second-order valence-electron chi connectivity index (χ2n) is 7.45. The normalized spacial score (nSPS) is 11.9. The molecule has 4 rings (SSSR count). The Morgan fingerprint density at radius 2 is 1.74 bits per heavy atom. The van der Waals surface area contributed by atoms with Crippen molar-refractivity contribution in [1.29, 1.82) is 0 Å². The molecule has 1 aromatic heterocycles. The molecule has 0 aliphatic heterocycles. The number of thioether (sulfide) groups is 1. The van der Waals surface area contributed by atoms with Gasteiger partial charge in [0.25, 0.3) is 0 Å². The summed E-state index contributed by atoms with van der Waals surface area (Å²) in [7, 11) is 0. The number of hydrogen-bond donors (Lipinski definition) is 0. The van der Waals surface area contributed by atoms with Gasteiger partial charge in [0.05, 0.1) is 0 Å². The Balaban J connectivity index is 1.52. The van der Waals surface area contributed by atoms with Gasteiger partial charge in [0, 0.05) is 20.1 Å². The second kappa shape index (κ2) is 11.0. The predicted octanol–water partition coefficient (Wildman–Crippen LogP) is 6.68. The Morgan fingerprint density at radius 3 is 2.38 bits per heavy atom. The monoisotopic (exact) mass is 558 g/mol. The summed E-state index contributed by atoms with van der Waals surface area (Å²) < 4.78 is 8.74. The Morgan fingerprint density at radius 1 is 1.06 bits per heavy atom. The van der Waals surface area contributed by atoms with Gasteiger partial charge in [0.2, 0.25) is 6.54 Å².